The van der Waals surface area contributed by atoms with Crippen molar-refractivity contribution in [3.63, 3.8) is 0 Å². The number of hydrogen-bond acceptors (Lipinski definition) is 8. The molecule has 0 bridgehead atoms. The minimum absolute atomic E-state index is 0.0179. The van der Waals surface area contributed by atoms with Gasteiger partial charge in [-0.2, -0.15) is 8.42 Å². The fraction of sp³-hybridized carbons (Fsp3) is 0.182. The Labute approximate surface area is 164 Å². The maximum atomic E-state index is 13.3. The Kier molecular flexibility index (Phi) is 6.59. The molecule has 0 atom stereocenters. The topological polar surface area (TPSA) is 168 Å². The van der Waals surface area contributed by atoms with Gasteiger partial charge in [-0.05, 0) is 49.8 Å². The summed E-state index contributed by atoms with van der Waals surface area (Å²) in [6.07, 6.45) is 0. The fourth-order valence-electron chi connectivity index (χ4n) is 2.00. The van der Waals surface area contributed by atoms with E-state index in [1.54, 1.807) is 15.7 Å². The van der Waals surface area contributed by atoms with Crippen LogP contribution >= 0.6 is 15.9 Å². The maximum absolute atomic E-state index is 13.3. The van der Waals surface area contributed by atoms with Crippen LogP contribution in [0.1, 0.15) is 5.69 Å². The zero-order valence-electron chi connectivity index (χ0n) is 14.2. The highest BCUT2D eigenvalue weighted by atomic mass is 79.9. The summed E-state index contributed by atoms with van der Waals surface area (Å²) in [5, 5.41) is 23.5. The number of amidine groups is 1. The fourth-order valence-corrected chi connectivity index (χ4v) is 3.21. The molecule has 0 amide bonds. The minimum Gasteiger partial charge on any atom is -0.365 e. The van der Waals surface area contributed by atoms with Gasteiger partial charge in [-0.15, -0.1) is 0 Å². The molecule has 0 aliphatic rings. The first-order valence-electron chi connectivity index (χ1n) is 7.33. The van der Waals surface area contributed by atoms with Crippen LogP contribution in [-0.2, 0) is 10.2 Å². The van der Waals surface area contributed by atoms with E-state index in [-0.39, 0.29) is 28.4 Å². The average molecular weight is 462 g/mol. The second-order valence-electron chi connectivity index (χ2n) is 6.02. The number of aliphatic imine (C=N–C) groups is 1. The Morgan fingerprint density at radius 2 is 2.15 bits per heavy atom. The van der Waals surface area contributed by atoms with Crippen molar-refractivity contribution in [2.75, 3.05) is 11.9 Å². The number of hydroxylamine groups is 1. The van der Waals surface area contributed by atoms with Crippen LogP contribution in [0.5, 0.6) is 0 Å². The molecule has 0 saturated carbocycles. The van der Waals surface area contributed by atoms with E-state index in [4.69, 9.17) is 5.14 Å². The van der Waals surface area contributed by atoms with Crippen LogP contribution in [0.25, 0.3) is 0 Å². The van der Waals surface area contributed by atoms with Crippen LogP contribution in [0.4, 0.5) is 15.9 Å². The molecule has 144 valence electrons. The van der Waals surface area contributed by atoms with Gasteiger partial charge in [0.05, 0.1) is 10.2 Å². The molecule has 1 heterocycles. The number of nitrogens with two attached hydrogens (primary N) is 1. The molecule has 0 radical (unpaired) electrons. The van der Waals surface area contributed by atoms with E-state index in [1.165, 1.54) is 18.2 Å². The van der Waals surface area contributed by atoms with Crippen molar-refractivity contribution < 1.29 is 22.6 Å². The van der Waals surface area contributed by atoms with E-state index in [0.29, 0.717) is 5.69 Å². The third-order valence-electron chi connectivity index (χ3n) is 3.08. The zero-order chi connectivity index (χ0) is 20.2. The SMILES string of the molecule is BC(B)(CNc1nonc1/C(=N\c1ccc(F)c(Br)c1)NO)NS(N)(=O)=O. The summed E-state index contributed by atoms with van der Waals surface area (Å²) in [6, 6.07) is 3.98. The summed E-state index contributed by atoms with van der Waals surface area (Å²) in [5.41, 5.74) is 2.20. The zero-order valence-corrected chi connectivity index (χ0v) is 16.6. The van der Waals surface area contributed by atoms with Crippen LogP contribution in [0, 0.1) is 5.82 Å². The first kappa shape index (κ1) is 21.3. The standard InChI is InChI=1S/C11H15B2BrFN7O4S/c12-11(13,22-27(16,24)25)4-17-9-8(20-26-21-9)10(19-23)18-5-1-2-7(15)6(14)3-5/h1-3,22-23H,4,12-13H2,(H,17,21)(H,18,19)(H2,16,24,25). The number of benzene rings is 1. The van der Waals surface area contributed by atoms with Gasteiger partial charge in [0.1, 0.15) is 21.5 Å². The first-order valence-corrected chi connectivity index (χ1v) is 9.67. The number of rotatable bonds is 7. The van der Waals surface area contributed by atoms with Gasteiger partial charge in [0.25, 0.3) is 10.2 Å². The highest BCUT2D eigenvalue weighted by Gasteiger charge is 2.24. The quantitative estimate of drug-likeness (QED) is 0.139. The molecule has 6 N–H and O–H groups in total. The van der Waals surface area contributed by atoms with Crippen LogP contribution in [0.15, 0.2) is 32.3 Å². The lowest BCUT2D eigenvalue weighted by Gasteiger charge is -2.25. The molecule has 0 unspecified atom stereocenters. The summed E-state index contributed by atoms with van der Waals surface area (Å²) >= 11 is 3.04. The molecular formula is C11H15B2BrFN7O4S. The van der Waals surface area contributed by atoms with Gasteiger partial charge in [-0.1, -0.05) is 0 Å². The van der Waals surface area contributed by atoms with E-state index in [1.807, 2.05) is 5.48 Å². The molecule has 1 aromatic heterocycles. The van der Waals surface area contributed by atoms with Gasteiger partial charge in [-0.3, -0.25) is 10.7 Å². The molecule has 0 fully saturated rings. The van der Waals surface area contributed by atoms with Gasteiger partial charge in [-0.25, -0.2) is 23.9 Å². The smallest absolute Gasteiger partial charge is 0.273 e. The van der Waals surface area contributed by atoms with E-state index >= 15 is 0 Å². The highest BCUT2D eigenvalue weighted by molar-refractivity contribution is 9.10. The largest absolute Gasteiger partial charge is 0.365 e. The monoisotopic (exact) mass is 461 g/mol. The molecule has 0 aliphatic carbocycles. The predicted octanol–water partition coefficient (Wildman–Crippen LogP) is -1.85. The van der Waals surface area contributed by atoms with Gasteiger partial charge < -0.3 is 5.32 Å². The van der Waals surface area contributed by atoms with Gasteiger partial charge in [0.15, 0.2) is 11.5 Å². The Balaban J connectivity index is 2.23. The van der Waals surface area contributed by atoms with Crippen LogP contribution < -0.4 is 20.7 Å². The van der Waals surface area contributed by atoms with Crippen molar-refractivity contribution in [3.8, 4) is 0 Å². The van der Waals surface area contributed by atoms with E-state index in [9.17, 15) is 18.0 Å². The van der Waals surface area contributed by atoms with Crippen LogP contribution in [0.3, 0.4) is 0 Å². The number of halogens is 2. The Bertz CT molecular complexity index is 956. The summed E-state index contributed by atoms with van der Waals surface area (Å²) in [4.78, 5) is 4.11. The third kappa shape index (κ3) is 6.28. The van der Waals surface area contributed by atoms with Crippen LogP contribution in [0.2, 0.25) is 0 Å². The molecule has 2 rings (SSSR count). The maximum Gasteiger partial charge on any atom is 0.273 e. The normalized spacial score (nSPS) is 12.8. The molecule has 11 nitrogen and oxygen atoms in total. The Morgan fingerprint density at radius 1 is 1.44 bits per heavy atom. The van der Waals surface area contributed by atoms with Gasteiger partial charge in [0.2, 0.25) is 5.82 Å². The lowest BCUT2D eigenvalue weighted by Crippen LogP contribution is -2.56. The molecular weight excluding hydrogens is 447 g/mol. The Hall–Kier alpha value is -2.00. The van der Waals surface area contributed by atoms with Crippen molar-refractivity contribution >= 4 is 59.2 Å². The minimum atomic E-state index is -3.91. The molecule has 27 heavy (non-hydrogen) atoms. The van der Waals surface area contributed by atoms with Crippen LogP contribution in [-0.4, -0.2) is 57.3 Å². The lowest BCUT2D eigenvalue weighted by atomic mass is 9.63. The number of nitrogens with zero attached hydrogens (tertiary/aromatic N) is 3. The summed E-state index contributed by atoms with van der Waals surface area (Å²) in [7, 11) is -0.732. The molecule has 0 saturated heterocycles. The van der Waals surface area contributed by atoms with Crippen molar-refractivity contribution in [1.29, 1.82) is 0 Å². The second-order valence-corrected chi connectivity index (χ2v) is 8.17. The molecule has 2 aromatic rings. The highest BCUT2D eigenvalue weighted by Crippen LogP contribution is 2.23. The average Bonchev–Trinajstić information content (AvgIpc) is 3.00. The number of nitrogens with one attached hydrogen (secondary N) is 3. The number of hydrogen-bond donors (Lipinski definition) is 5. The molecule has 0 spiro atoms. The predicted molar refractivity (Wildman–Crippen MR) is 104 cm³/mol. The molecule has 1 aromatic carbocycles. The summed E-state index contributed by atoms with van der Waals surface area (Å²) < 4.78 is 42.8. The molecule has 0 aliphatic heterocycles. The summed E-state index contributed by atoms with van der Waals surface area (Å²) in [5.74, 6) is -0.516. The van der Waals surface area contributed by atoms with Gasteiger partial charge >= 0.3 is 0 Å². The lowest BCUT2D eigenvalue weighted by molar-refractivity contribution is 0.234. The Morgan fingerprint density at radius 3 is 2.74 bits per heavy atom. The molecule has 16 heteroatoms. The van der Waals surface area contributed by atoms with E-state index < -0.39 is 21.4 Å². The second kappa shape index (κ2) is 8.35. The van der Waals surface area contributed by atoms with Crippen molar-refractivity contribution in [2.45, 2.75) is 5.34 Å². The summed E-state index contributed by atoms with van der Waals surface area (Å²) in [6.45, 7) is 0.0610. The first-order chi connectivity index (χ1) is 12.5. The van der Waals surface area contributed by atoms with Crippen molar-refractivity contribution in [3.05, 3.63) is 34.2 Å². The third-order valence-corrected chi connectivity index (χ3v) is 4.52. The number of anilines is 1. The van der Waals surface area contributed by atoms with Crippen molar-refractivity contribution in [2.24, 2.45) is 10.1 Å². The number of aromatic nitrogens is 2. The van der Waals surface area contributed by atoms with Crippen molar-refractivity contribution in [1.82, 2.24) is 20.5 Å². The van der Waals surface area contributed by atoms with Gasteiger partial charge in [0, 0.05) is 6.54 Å². The van der Waals surface area contributed by atoms with E-state index in [0.717, 1.165) is 0 Å². The van der Waals surface area contributed by atoms with E-state index in [2.05, 4.69) is 45.9 Å².